The number of rotatable bonds is 3. The summed E-state index contributed by atoms with van der Waals surface area (Å²) >= 11 is 0. The molecule has 0 aliphatic heterocycles. The van der Waals surface area contributed by atoms with Crippen molar-refractivity contribution in [3.63, 3.8) is 0 Å². The van der Waals surface area contributed by atoms with Crippen molar-refractivity contribution in [2.24, 2.45) is 5.92 Å². The van der Waals surface area contributed by atoms with E-state index in [1.54, 1.807) is 0 Å². The Hall–Kier alpha value is -1.53. The van der Waals surface area contributed by atoms with Crippen LogP contribution in [0.1, 0.15) is 43.7 Å². The van der Waals surface area contributed by atoms with Gasteiger partial charge in [0.15, 0.2) is 0 Å². The lowest BCUT2D eigenvalue weighted by Gasteiger charge is -2.36. The Morgan fingerprint density at radius 2 is 2.32 bits per heavy atom. The molecule has 0 radical (unpaired) electrons. The predicted molar refractivity (Wildman–Crippen MR) is 77.0 cm³/mol. The predicted octanol–water partition coefficient (Wildman–Crippen LogP) is 3.22. The van der Waals surface area contributed by atoms with E-state index in [2.05, 4.69) is 18.3 Å². The molecule has 0 heterocycles. The van der Waals surface area contributed by atoms with Gasteiger partial charge in [-0.2, -0.15) is 5.26 Å². The SMILES string of the molecule is Cc1cccc(C#N)c1NCC1(O)CCCC(C)C1. The van der Waals surface area contributed by atoms with Gasteiger partial charge in [0.2, 0.25) is 0 Å². The highest BCUT2D eigenvalue weighted by atomic mass is 16.3. The van der Waals surface area contributed by atoms with Crippen molar-refractivity contribution in [1.82, 2.24) is 0 Å². The Morgan fingerprint density at radius 1 is 1.53 bits per heavy atom. The molecule has 1 aromatic carbocycles. The lowest BCUT2D eigenvalue weighted by molar-refractivity contribution is -0.000769. The third-order valence-electron chi connectivity index (χ3n) is 4.05. The lowest BCUT2D eigenvalue weighted by atomic mass is 9.79. The Balaban J connectivity index is 2.09. The zero-order chi connectivity index (χ0) is 13.9. The maximum atomic E-state index is 10.6. The molecule has 2 N–H and O–H groups in total. The minimum absolute atomic E-state index is 0.525. The standard InChI is InChI=1S/C16H22N2O/c1-12-5-4-8-16(19,9-12)11-18-15-13(2)6-3-7-14(15)10-17/h3,6-7,12,18-19H,4-5,8-9,11H2,1-2H3. The summed E-state index contributed by atoms with van der Waals surface area (Å²) in [6, 6.07) is 7.88. The third-order valence-corrected chi connectivity index (χ3v) is 4.05. The van der Waals surface area contributed by atoms with Crippen LogP contribution in [0, 0.1) is 24.2 Å². The van der Waals surface area contributed by atoms with Crippen LogP contribution < -0.4 is 5.32 Å². The Morgan fingerprint density at radius 3 is 3.00 bits per heavy atom. The molecule has 1 aliphatic rings. The molecule has 19 heavy (non-hydrogen) atoms. The van der Waals surface area contributed by atoms with Gasteiger partial charge < -0.3 is 10.4 Å². The van der Waals surface area contributed by atoms with E-state index in [9.17, 15) is 5.11 Å². The fourth-order valence-corrected chi connectivity index (χ4v) is 3.04. The van der Waals surface area contributed by atoms with E-state index in [0.717, 1.165) is 30.5 Å². The summed E-state index contributed by atoms with van der Waals surface area (Å²) in [4.78, 5) is 0. The van der Waals surface area contributed by atoms with Gasteiger partial charge in [-0.25, -0.2) is 0 Å². The average Bonchev–Trinajstić information content (AvgIpc) is 2.36. The second-order valence-corrected chi connectivity index (χ2v) is 5.89. The van der Waals surface area contributed by atoms with Gasteiger partial charge in [0.1, 0.15) is 6.07 Å². The monoisotopic (exact) mass is 258 g/mol. The fraction of sp³-hybridized carbons (Fsp3) is 0.562. The second-order valence-electron chi connectivity index (χ2n) is 5.89. The van der Waals surface area contributed by atoms with Crippen LogP contribution >= 0.6 is 0 Å². The van der Waals surface area contributed by atoms with Gasteiger partial charge in [-0.3, -0.25) is 0 Å². The number of benzene rings is 1. The molecule has 1 fully saturated rings. The first-order chi connectivity index (χ1) is 9.04. The van der Waals surface area contributed by atoms with Crippen LogP contribution in [0.4, 0.5) is 5.69 Å². The van der Waals surface area contributed by atoms with Crippen LogP contribution in [-0.2, 0) is 0 Å². The summed E-state index contributed by atoms with van der Waals surface area (Å²) in [5.41, 5.74) is 1.92. The smallest absolute Gasteiger partial charge is 0.101 e. The van der Waals surface area contributed by atoms with Gasteiger partial charge in [0.25, 0.3) is 0 Å². The molecule has 2 atom stereocenters. The van der Waals surface area contributed by atoms with E-state index in [0.29, 0.717) is 18.0 Å². The van der Waals surface area contributed by atoms with Crippen LogP contribution in [0.15, 0.2) is 18.2 Å². The largest absolute Gasteiger partial charge is 0.388 e. The molecule has 3 nitrogen and oxygen atoms in total. The Kier molecular flexibility index (Phi) is 4.11. The first kappa shape index (κ1) is 13.9. The van der Waals surface area contributed by atoms with Gasteiger partial charge in [-0.15, -0.1) is 0 Å². The van der Waals surface area contributed by atoms with Gasteiger partial charge >= 0.3 is 0 Å². The van der Waals surface area contributed by atoms with E-state index in [1.807, 2.05) is 25.1 Å². The molecule has 1 saturated carbocycles. The molecule has 0 saturated heterocycles. The number of anilines is 1. The minimum atomic E-state index is -0.632. The maximum Gasteiger partial charge on any atom is 0.101 e. The summed E-state index contributed by atoms with van der Waals surface area (Å²) in [6.45, 7) is 4.70. The number of para-hydroxylation sites is 1. The lowest BCUT2D eigenvalue weighted by Crippen LogP contribution is -2.41. The summed E-state index contributed by atoms with van der Waals surface area (Å²) in [5.74, 6) is 0.577. The number of aliphatic hydroxyl groups is 1. The molecule has 2 unspecified atom stereocenters. The summed E-state index contributed by atoms with van der Waals surface area (Å²) < 4.78 is 0. The number of nitrogens with zero attached hydrogens (tertiary/aromatic N) is 1. The van der Waals surface area contributed by atoms with Crippen molar-refractivity contribution in [2.45, 2.75) is 45.1 Å². The highest BCUT2D eigenvalue weighted by molar-refractivity contribution is 5.62. The van der Waals surface area contributed by atoms with E-state index in [1.165, 1.54) is 6.42 Å². The molecular formula is C16H22N2O. The first-order valence-electron chi connectivity index (χ1n) is 7.00. The van der Waals surface area contributed by atoms with Gasteiger partial charge in [0, 0.05) is 6.54 Å². The van der Waals surface area contributed by atoms with E-state index < -0.39 is 5.60 Å². The quantitative estimate of drug-likeness (QED) is 0.875. The molecule has 0 amide bonds. The fourth-order valence-electron chi connectivity index (χ4n) is 3.04. The van der Waals surface area contributed by atoms with Gasteiger partial charge in [-0.05, 0) is 37.3 Å². The summed E-state index contributed by atoms with van der Waals surface area (Å²) in [7, 11) is 0. The maximum absolute atomic E-state index is 10.6. The average molecular weight is 258 g/mol. The van der Waals surface area contributed by atoms with Crippen LogP contribution in [0.25, 0.3) is 0 Å². The van der Waals surface area contributed by atoms with Crippen molar-refractivity contribution in [2.75, 3.05) is 11.9 Å². The number of nitrogens with one attached hydrogen (secondary N) is 1. The number of nitriles is 1. The number of aryl methyl sites for hydroxylation is 1. The summed E-state index contributed by atoms with van der Waals surface area (Å²) in [5, 5.41) is 23.0. The zero-order valence-electron chi connectivity index (χ0n) is 11.7. The molecule has 1 aliphatic carbocycles. The Labute approximate surface area is 115 Å². The molecule has 102 valence electrons. The van der Waals surface area contributed by atoms with E-state index in [-0.39, 0.29) is 0 Å². The molecule has 0 aromatic heterocycles. The molecular weight excluding hydrogens is 236 g/mol. The van der Waals surface area contributed by atoms with Crippen molar-refractivity contribution in [3.8, 4) is 6.07 Å². The molecule has 0 spiro atoms. The zero-order valence-corrected chi connectivity index (χ0v) is 11.7. The van der Waals surface area contributed by atoms with Gasteiger partial charge in [-0.1, -0.05) is 31.9 Å². The van der Waals surface area contributed by atoms with E-state index >= 15 is 0 Å². The number of hydrogen-bond acceptors (Lipinski definition) is 3. The number of hydrogen-bond donors (Lipinski definition) is 2. The van der Waals surface area contributed by atoms with Crippen LogP contribution in [0.3, 0.4) is 0 Å². The van der Waals surface area contributed by atoms with E-state index in [4.69, 9.17) is 5.26 Å². The second kappa shape index (κ2) is 5.63. The van der Waals surface area contributed by atoms with Crippen molar-refractivity contribution in [3.05, 3.63) is 29.3 Å². The third kappa shape index (κ3) is 3.27. The Bertz CT molecular complexity index is 492. The van der Waals surface area contributed by atoms with Crippen molar-refractivity contribution in [1.29, 1.82) is 5.26 Å². The van der Waals surface area contributed by atoms with Crippen molar-refractivity contribution < 1.29 is 5.11 Å². The first-order valence-corrected chi connectivity index (χ1v) is 7.00. The molecule has 0 bridgehead atoms. The molecule has 3 heteroatoms. The molecule has 1 aromatic rings. The van der Waals surface area contributed by atoms with Gasteiger partial charge in [0.05, 0.1) is 16.9 Å². The summed E-state index contributed by atoms with van der Waals surface area (Å²) in [6.07, 6.45) is 3.97. The van der Waals surface area contributed by atoms with Crippen LogP contribution in [-0.4, -0.2) is 17.3 Å². The highest BCUT2D eigenvalue weighted by Crippen LogP contribution is 2.33. The van der Waals surface area contributed by atoms with Crippen LogP contribution in [0.2, 0.25) is 0 Å². The van der Waals surface area contributed by atoms with Crippen molar-refractivity contribution >= 4 is 5.69 Å². The normalized spacial score (nSPS) is 26.7. The van der Waals surface area contributed by atoms with Crippen LogP contribution in [0.5, 0.6) is 0 Å². The minimum Gasteiger partial charge on any atom is -0.388 e. The topological polar surface area (TPSA) is 56.0 Å². The highest BCUT2D eigenvalue weighted by Gasteiger charge is 2.32. The molecule has 2 rings (SSSR count).